The van der Waals surface area contributed by atoms with E-state index >= 15 is 0 Å². The molecule has 1 unspecified atom stereocenters. The van der Waals surface area contributed by atoms with Crippen molar-refractivity contribution in [2.45, 2.75) is 31.2 Å². The molecule has 7 heteroatoms. The number of rotatable bonds is 5. The Labute approximate surface area is 154 Å². The predicted molar refractivity (Wildman–Crippen MR) is 96.6 cm³/mol. The van der Waals surface area contributed by atoms with Crippen LogP contribution in [0.4, 0.5) is 18.9 Å². The van der Waals surface area contributed by atoms with Gasteiger partial charge >= 0.3 is 6.18 Å². The molecule has 1 amide bonds. The molecular weight excluding hydrogens is 357 g/mol. The molecule has 3 N–H and O–H groups in total. The second kappa shape index (κ2) is 7.44. The highest BCUT2D eigenvalue weighted by atomic mass is 19.4. The highest BCUT2D eigenvalue weighted by Gasteiger charge is 2.55. The van der Waals surface area contributed by atoms with Crippen molar-refractivity contribution in [2.75, 3.05) is 5.32 Å². The number of anilines is 1. The fourth-order valence-corrected chi connectivity index (χ4v) is 2.85. The van der Waals surface area contributed by atoms with Gasteiger partial charge in [-0.15, -0.1) is 0 Å². The third kappa shape index (κ3) is 4.49. The summed E-state index contributed by atoms with van der Waals surface area (Å²) in [5, 5.41) is 14.4. The van der Waals surface area contributed by atoms with Crippen molar-refractivity contribution < 1.29 is 23.1 Å². The number of aryl methyl sites for hydroxylation is 1. The third-order valence-corrected chi connectivity index (χ3v) is 4.42. The Bertz CT molecular complexity index is 833. The lowest BCUT2D eigenvalue weighted by molar-refractivity contribution is -0.263. The van der Waals surface area contributed by atoms with Crippen LogP contribution in [0.3, 0.4) is 0 Å². The number of alkyl halides is 3. The topological polar surface area (TPSA) is 61.4 Å². The summed E-state index contributed by atoms with van der Waals surface area (Å²) in [5.74, 6) is -0.139. The highest BCUT2D eigenvalue weighted by Crippen LogP contribution is 2.39. The van der Waals surface area contributed by atoms with Gasteiger partial charge in [0.05, 0.1) is 0 Å². The van der Waals surface area contributed by atoms with E-state index in [-0.39, 0.29) is 5.91 Å². The molecule has 142 valence electrons. The first-order chi connectivity index (χ1) is 12.8. The van der Waals surface area contributed by atoms with Crippen molar-refractivity contribution in [3.8, 4) is 0 Å². The van der Waals surface area contributed by atoms with E-state index in [0.29, 0.717) is 29.7 Å². The zero-order valence-corrected chi connectivity index (χ0v) is 14.4. The molecule has 4 nitrogen and oxygen atoms in total. The fraction of sp³-hybridized carbons (Fsp3) is 0.250. The lowest BCUT2D eigenvalue weighted by Crippen LogP contribution is -2.52. The molecule has 3 rings (SSSR count). The zero-order chi connectivity index (χ0) is 19.5. The summed E-state index contributed by atoms with van der Waals surface area (Å²) in [6.45, 7) is 0. The first-order valence-corrected chi connectivity index (χ1v) is 8.47. The van der Waals surface area contributed by atoms with Gasteiger partial charge in [-0.3, -0.25) is 4.79 Å². The minimum Gasteiger partial charge on any atom is -0.363 e. The number of carbonyl (C=O) groups is 1. The SMILES string of the molecule is O=C(CCc1ccccc1)Nc1ccc(C2=CNC(O)(C(F)(F)F)C2)cc1. The van der Waals surface area contributed by atoms with E-state index in [1.807, 2.05) is 35.6 Å². The van der Waals surface area contributed by atoms with E-state index in [9.17, 15) is 23.1 Å². The van der Waals surface area contributed by atoms with Gasteiger partial charge in [-0.1, -0.05) is 42.5 Å². The number of hydrogen-bond donors (Lipinski definition) is 3. The molecule has 0 aliphatic carbocycles. The van der Waals surface area contributed by atoms with Crippen LogP contribution in [-0.2, 0) is 11.2 Å². The van der Waals surface area contributed by atoms with Crippen molar-refractivity contribution in [1.29, 1.82) is 0 Å². The fourth-order valence-electron chi connectivity index (χ4n) is 2.85. The van der Waals surface area contributed by atoms with Gasteiger partial charge in [0.1, 0.15) is 0 Å². The van der Waals surface area contributed by atoms with Crippen LogP contribution in [0.5, 0.6) is 0 Å². The van der Waals surface area contributed by atoms with Crippen molar-refractivity contribution in [2.24, 2.45) is 0 Å². The first kappa shape index (κ1) is 19.0. The van der Waals surface area contributed by atoms with Crippen LogP contribution < -0.4 is 10.6 Å². The Kier molecular flexibility index (Phi) is 5.23. The maximum absolute atomic E-state index is 12.8. The molecule has 0 spiro atoms. The van der Waals surface area contributed by atoms with Crippen LogP contribution in [-0.4, -0.2) is 22.9 Å². The van der Waals surface area contributed by atoms with Crippen molar-refractivity contribution in [1.82, 2.24) is 5.32 Å². The summed E-state index contributed by atoms with van der Waals surface area (Å²) in [6.07, 6.45) is -3.21. The Morgan fingerprint density at radius 3 is 2.37 bits per heavy atom. The molecule has 0 saturated heterocycles. The lowest BCUT2D eigenvalue weighted by atomic mass is 10.00. The molecule has 27 heavy (non-hydrogen) atoms. The number of amides is 1. The smallest absolute Gasteiger partial charge is 0.363 e. The number of halogens is 3. The van der Waals surface area contributed by atoms with E-state index in [0.717, 1.165) is 5.56 Å². The average molecular weight is 376 g/mol. The predicted octanol–water partition coefficient (Wildman–Crippen LogP) is 3.84. The monoisotopic (exact) mass is 376 g/mol. The van der Waals surface area contributed by atoms with Gasteiger partial charge < -0.3 is 15.7 Å². The number of aliphatic hydroxyl groups is 1. The minimum atomic E-state index is -4.77. The Morgan fingerprint density at radius 2 is 1.78 bits per heavy atom. The van der Waals surface area contributed by atoms with E-state index in [1.165, 1.54) is 6.20 Å². The quantitative estimate of drug-likeness (QED) is 0.743. The highest BCUT2D eigenvalue weighted by molar-refractivity contribution is 5.91. The van der Waals surface area contributed by atoms with Crippen LogP contribution in [0.15, 0.2) is 60.8 Å². The average Bonchev–Trinajstić information content (AvgIpc) is 3.05. The summed E-state index contributed by atoms with van der Waals surface area (Å²) >= 11 is 0. The molecule has 0 radical (unpaired) electrons. The van der Waals surface area contributed by atoms with E-state index < -0.39 is 18.3 Å². The summed E-state index contributed by atoms with van der Waals surface area (Å²) in [5.41, 5.74) is -0.413. The third-order valence-electron chi connectivity index (χ3n) is 4.42. The second-order valence-corrected chi connectivity index (χ2v) is 6.46. The van der Waals surface area contributed by atoms with E-state index in [2.05, 4.69) is 5.32 Å². The number of carbonyl (C=O) groups excluding carboxylic acids is 1. The first-order valence-electron chi connectivity index (χ1n) is 8.47. The van der Waals surface area contributed by atoms with Gasteiger partial charge in [-0.25, -0.2) is 0 Å². The molecular formula is C20H19F3N2O2. The normalized spacial score (nSPS) is 19.3. The Morgan fingerprint density at radius 1 is 1.11 bits per heavy atom. The standard InChI is InChI=1S/C20H19F3N2O2/c21-20(22,23)19(27)12-16(13-24-19)15-7-9-17(10-8-15)25-18(26)11-6-14-4-2-1-3-5-14/h1-5,7-10,13,24,27H,6,11-12H2,(H,25,26). The molecule has 1 aliphatic heterocycles. The molecule has 1 atom stereocenters. The number of benzene rings is 2. The Balaban J connectivity index is 1.56. The lowest BCUT2D eigenvalue weighted by Gasteiger charge is -2.26. The molecule has 1 heterocycles. The van der Waals surface area contributed by atoms with Crippen molar-refractivity contribution >= 4 is 17.2 Å². The van der Waals surface area contributed by atoms with Gasteiger partial charge in [-0.05, 0) is 35.3 Å². The summed E-state index contributed by atoms with van der Waals surface area (Å²) < 4.78 is 38.5. The zero-order valence-electron chi connectivity index (χ0n) is 14.4. The van der Waals surface area contributed by atoms with Crippen molar-refractivity contribution in [3.05, 3.63) is 71.9 Å². The van der Waals surface area contributed by atoms with Gasteiger partial charge in [-0.2, -0.15) is 13.2 Å². The van der Waals surface area contributed by atoms with Gasteiger partial charge in [0.15, 0.2) is 0 Å². The Hall–Kier alpha value is -2.80. The summed E-state index contributed by atoms with van der Waals surface area (Å²) in [4.78, 5) is 12.0. The van der Waals surface area contributed by atoms with Crippen LogP contribution in [0.2, 0.25) is 0 Å². The molecule has 0 bridgehead atoms. The number of hydrogen-bond acceptors (Lipinski definition) is 3. The number of nitrogens with one attached hydrogen (secondary N) is 2. The van der Waals surface area contributed by atoms with Crippen LogP contribution in [0.1, 0.15) is 24.0 Å². The summed E-state index contributed by atoms with van der Waals surface area (Å²) in [6, 6.07) is 16.1. The maximum Gasteiger partial charge on any atom is 0.436 e. The molecule has 0 saturated carbocycles. The van der Waals surface area contributed by atoms with Crippen molar-refractivity contribution in [3.63, 3.8) is 0 Å². The molecule has 0 aromatic heterocycles. The molecule has 0 fully saturated rings. The van der Waals surface area contributed by atoms with E-state index in [1.54, 1.807) is 24.3 Å². The van der Waals surface area contributed by atoms with Crippen LogP contribution in [0, 0.1) is 0 Å². The van der Waals surface area contributed by atoms with Crippen LogP contribution in [0.25, 0.3) is 5.57 Å². The summed E-state index contributed by atoms with van der Waals surface area (Å²) in [7, 11) is 0. The van der Waals surface area contributed by atoms with Gasteiger partial charge in [0.25, 0.3) is 0 Å². The van der Waals surface area contributed by atoms with Gasteiger partial charge in [0, 0.05) is 24.7 Å². The molecule has 1 aliphatic rings. The minimum absolute atomic E-state index is 0.139. The van der Waals surface area contributed by atoms with Gasteiger partial charge in [0.2, 0.25) is 11.6 Å². The molecule has 2 aromatic rings. The van der Waals surface area contributed by atoms with E-state index in [4.69, 9.17) is 0 Å². The largest absolute Gasteiger partial charge is 0.436 e. The van der Waals surface area contributed by atoms with Crippen LogP contribution >= 0.6 is 0 Å². The molecule has 2 aromatic carbocycles. The maximum atomic E-state index is 12.8. The second-order valence-electron chi connectivity index (χ2n) is 6.46.